The third-order valence-corrected chi connectivity index (χ3v) is 3.58. The molecule has 3 N–H and O–H groups in total. The number of amides is 1. The number of nitriles is 1. The Morgan fingerprint density at radius 1 is 1.43 bits per heavy atom. The van der Waals surface area contributed by atoms with Crippen molar-refractivity contribution in [3.63, 3.8) is 0 Å². The molecule has 0 spiro atoms. The maximum atomic E-state index is 12.0. The van der Waals surface area contributed by atoms with Crippen LogP contribution in [0.4, 0.5) is 5.69 Å². The van der Waals surface area contributed by atoms with Gasteiger partial charge in [-0.15, -0.1) is 0 Å². The number of nitrogens with zero attached hydrogens (tertiary/aromatic N) is 1. The van der Waals surface area contributed by atoms with E-state index in [1.807, 2.05) is 19.1 Å². The summed E-state index contributed by atoms with van der Waals surface area (Å²) in [5.74, 6) is -0.289. The summed E-state index contributed by atoms with van der Waals surface area (Å²) in [5.41, 5.74) is 1.39. The summed E-state index contributed by atoms with van der Waals surface area (Å²) >= 11 is 0. The maximum absolute atomic E-state index is 12.0. The van der Waals surface area contributed by atoms with Crippen LogP contribution in [0.1, 0.15) is 31.2 Å². The van der Waals surface area contributed by atoms with Crippen LogP contribution in [0, 0.1) is 18.3 Å². The summed E-state index contributed by atoms with van der Waals surface area (Å²) in [6, 6.07) is 7.20. The summed E-state index contributed by atoms with van der Waals surface area (Å²) in [6.07, 6.45) is 5.50. The Morgan fingerprint density at radius 3 is 2.76 bits per heavy atom. The van der Waals surface area contributed by atoms with Crippen LogP contribution in [-0.2, 0) is 4.79 Å². The number of carbonyl (C=O) groups excluding carboxylic acids is 1. The van der Waals surface area contributed by atoms with E-state index in [2.05, 4.69) is 10.6 Å². The van der Waals surface area contributed by atoms with Crippen molar-refractivity contribution in [1.82, 2.24) is 5.32 Å². The average Bonchev–Trinajstić information content (AvgIpc) is 2.94. The van der Waals surface area contributed by atoms with Crippen molar-refractivity contribution < 1.29 is 9.90 Å². The molecule has 21 heavy (non-hydrogen) atoms. The Hall–Kier alpha value is -2.48. The van der Waals surface area contributed by atoms with Crippen molar-refractivity contribution in [2.75, 3.05) is 5.32 Å². The lowest BCUT2D eigenvalue weighted by Crippen LogP contribution is -2.33. The second-order valence-corrected chi connectivity index (χ2v) is 5.29. The predicted molar refractivity (Wildman–Crippen MR) is 80.6 cm³/mol. The highest BCUT2D eigenvalue weighted by Gasteiger charge is 2.19. The molecule has 0 bridgehead atoms. The minimum atomic E-state index is -0.372. The minimum absolute atomic E-state index is 0.00174. The highest BCUT2D eigenvalue weighted by molar-refractivity contribution is 5.97. The summed E-state index contributed by atoms with van der Waals surface area (Å²) in [4.78, 5) is 12.0. The van der Waals surface area contributed by atoms with E-state index in [-0.39, 0.29) is 23.3 Å². The van der Waals surface area contributed by atoms with Crippen molar-refractivity contribution in [3.8, 4) is 11.8 Å². The Balaban J connectivity index is 2.02. The van der Waals surface area contributed by atoms with E-state index in [0.717, 1.165) is 31.2 Å². The molecule has 1 saturated carbocycles. The third kappa shape index (κ3) is 3.99. The molecule has 0 aliphatic heterocycles. The smallest absolute Gasteiger partial charge is 0.263 e. The maximum Gasteiger partial charge on any atom is 0.263 e. The number of rotatable bonds is 4. The molecule has 0 radical (unpaired) electrons. The molecular weight excluding hydrogens is 266 g/mol. The summed E-state index contributed by atoms with van der Waals surface area (Å²) in [5, 5.41) is 24.5. The summed E-state index contributed by atoms with van der Waals surface area (Å²) in [6.45, 7) is 1.87. The molecule has 0 unspecified atom stereocenters. The van der Waals surface area contributed by atoms with Gasteiger partial charge in [-0.1, -0.05) is 18.9 Å². The first kappa shape index (κ1) is 14.9. The largest absolute Gasteiger partial charge is 0.506 e. The number of benzene rings is 1. The number of carbonyl (C=O) groups is 1. The Kier molecular flexibility index (Phi) is 4.83. The van der Waals surface area contributed by atoms with Crippen molar-refractivity contribution in [3.05, 3.63) is 35.5 Å². The fraction of sp³-hybridized carbons (Fsp3) is 0.375. The molecule has 1 aromatic rings. The van der Waals surface area contributed by atoms with Gasteiger partial charge in [0.2, 0.25) is 0 Å². The SMILES string of the molecule is Cc1ccc(N/C=C(/C#N)C(=O)NC2CCCC2)c(O)c1. The van der Waals surface area contributed by atoms with Crippen LogP contribution in [0.2, 0.25) is 0 Å². The van der Waals surface area contributed by atoms with E-state index >= 15 is 0 Å². The predicted octanol–water partition coefficient (Wildman–Crippen LogP) is 2.58. The van der Waals surface area contributed by atoms with Crippen LogP contribution in [0.15, 0.2) is 30.0 Å². The van der Waals surface area contributed by atoms with Gasteiger partial charge in [0.05, 0.1) is 5.69 Å². The summed E-state index contributed by atoms with van der Waals surface area (Å²) < 4.78 is 0. The number of anilines is 1. The Morgan fingerprint density at radius 2 is 2.14 bits per heavy atom. The lowest BCUT2D eigenvalue weighted by atomic mass is 10.2. The van der Waals surface area contributed by atoms with E-state index in [9.17, 15) is 9.90 Å². The fourth-order valence-electron chi connectivity index (χ4n) is 2.40. The van der Waals surface area contributed by atoms with Crippen LogP contribution in [-0.4, -0.2) is 17.1 Å². The molecule has 110 valence electrons. The number of nitrogens with one attached hydrogen (secondary N) is 2. The van der Waals surface area contributed by atoms with Crippen molar-refractivity contribution >= 4 is 11.6 Å². The quantitative estimate of drug-likeness (QED) is 0.451. The van der Waals surface area contributed by atoms with Crippen LogP contribution >= 0.6 is 0 Å². The first-order valence-corrected chi connectivity index (χ1v) is 7.07. The molecule has 1 aromatic carbocycles. The van der Waals surface area contributed by atoms with Gasteiger partial charge in [0.1, 0.15) is 17.4 Å². The molecule has 0 aromatic heterocycles. The van der Waals surface area contributed by atoms with Crippen LogP contribution in [0.3, 0.4) is 0 Å². The molecule has 0 atom stereocenters. The first-order chi connectivity index (χ1) is 10.1. The van der Waals surface area contributed by atoms with E-state index < -0.39 is 0 Å². The standard InChI is InChI=1S/C16H19N3O2/c1-11-6-7-14(15(20)8-11)18-10-12(9-17)16(21)19-13-4-2-3-5-13/h6-8,10,13,18,20H,2-5H2,1H3,(H,19,21)/b12-10-. The highest BCUT2D eigenvalue weighted by atomic mass is 16.3. The van der Waals surface area contributed by atoms with Gasteiger partial charge in [0, 0.05) is 12.2 Å². The van der Waals surface area contributed by atoms with Gasteiger partial charge in [0.25, 0.3) is 5.91 Å². The fourth-order valence-corrected chi connectivity index (χ4v) is 2.40. The van der Waals surface area contributed by atoms with E-state index in [0.29, 0.717) is 5.69 Å². The van der Waals surface area contributed by atoms with Crippen molar-refractivity contribution in [1.29, 1.82) is 5.26 Å². The van der Waals surface area contributed by atoms with E-state index in [1.54, 1.807) is 12.1 Å². The van der Waals surface area contributed by atoms with Crippen LogP contribution < -0.4 is 10.6 Å². The van der Waals surface area contributed by atoms with Gasteiger partial charge < -0.3 is 15.7 Å². The molecule has 1 fully saturated rings. The highest BCUT2D eigenvalue weighted by Crippen LogP contribution is 2.24. The topological polar surface area (TPSA) is 85.2 Å². The van der Waals surface area contributed by atoms with E-state index in [1.165, 1.54) is 6.20 Å². The van der Waals surface area contributed by atoms with Gasteiger partial charge >= 0.3 is 0 Å². The van der Waals surface area contributed by atoms with Gasteiger partial charge in [0.15, 0.2) is 0 Å². The lowest BCUT2D eigenvalue weighted by molar-refractivity contribution is -0.117. The average molecular weight is 285 g/mol. The van der Waals surface area contributed by atoms with Gasteiger partial charge in [-0.3, -0.25) is 4.79 Å². The van der Waals surface area contributed by atoms with Gasteiger partial charge in [-0.2, -0.15) is 5.26 Å². The van der Waals surface area contributed by atoms with Gasteiger partial charge in [-0.25, -0.2) is 0 Å². The number of phenolic OH excluding ortho intramolecular Hbond substituents is 1. The van der Waals surface area contributed by atoms with Crippen molar-refractivity contribution in [2.24, 2.45) is 0 Å². The molecule has 0 saturated heterocycles. The van der Waals surface area contributed by atoms with Crippen LogP contribution in [0.5, 0.6) is 5.75 Å². The number of aromatic hydroxyl groups is 1. The first-order valence-electron chi connectivity index (χ1n) is 7.07. The second-order valence-electron chi connectivity index (χ2n) is 5.29. The zero-order chi connectivity index (χ0) is 15.2. The second kappa shape index (κ2) is 6.80. The Bertz CT molecular complexity index is 596. The monoisotopic (exact) mass is 285 g/mol. The van der Waals surface area contributed by atoms with Crippen LogP contribution in [0.25, 0.3) is 0 Å². The molecule has 2 rings (SSSR count). The minimum Gasteiger partial charge on any atom is -0.506 e. The number of hydrogen-bond donors (Lipinski definition) is 3. The molecule has 5 nitrogen and oxygen atoms in total. The van der Waals surface area contributed by atoms with Crippen molar-refractivity contribution in [2.45, 2.75) is 38.6 Å². The molecule has 1 amide bonds. The molecule has 5 heteroatoms. The normalized spacial score (nSPS) is 15.5. The zero-order valence-electron chi connectivity index (χ0n) is 12.0. The van der Waals surface area contributed by atoms with E-state index in [4.69, 9.17) is 5.26 Å². The molecule has 1 aliphatic rings. The molecule has 1 aliphatic carbocycles. The zero-order valence-corrected chi connectivity index (χ0v) is 12.0. The summed E-state index contributed by atoms with van der Waals surface area (Å²) in [7, 11) is 0. The third-order valence-electron chi connectivity index (χ3n) is 3.58. The molecular formula is C16H19N3O2. The van der Waals surface area contributed by atoms with Gasteiger partial charge in [-0.05, 0) is 37.5 Å². The lowest BCUT2D eigenvalue weighted by Gasteiger charge is -2.11. The molecule has 0 heterocycles. The number of phenols is 1. The number of hydrogen-bond acceptors (Lipinski definition) is 4. The number of aryl methyl sites for hydroxylation is 1. The Labute approximate surface area is 124 Å².